The van der Waals surface area contributed by atoms with E-state index in [1.807, 2.05) is 38.1 Å². The van der Waals surface area contributed by atoms with Crippen LogP contribution in [-0.4, -0.2) is 31.1 Å². The smallest absolute Gasteiger partial charge is 0.317 e. The first-order valence-electron chi connectivity index (χ1n) is 6.30. The SMILES string of the molecule is CCN(CC)C(=O)NCc1cccc(COC)c1. The molecule has 1 aromatic rings. The van der Waals surface area contributed by atoms with Crippen molar-refractivity contribution in [2.45, 2.75) is 27.0 Å². The lowest BCUT2D eigenvalue weighted by Crippen LogP contribution is -2.39. The Morgan fingerprint density at radius 1 is 1.28 bits per heavy atom. The first kappa shape index (κ1) is 14.5. The number of nitrogens with one attached hydrogen (secondary N) is 1. The standard InChI is InChI=1S/C14H22N2O2/c1-4-16(5-2)14(17)15-10-12-7-6-8-13(9-12)11-18-3/h6-9H,4-5,10-11H2,1-3H3,(H,15,17). The monoisotopic (exact) mass is 250 g/mol. The minimum Gasteiger partial charge on any atom is -0.380 e. The van der Waals surface area contributed by atoms with Crippen LogP contribution < -0.4 is 5.32 Å². The summed E-state index contributed by atoms with van der Waals surface area (Å²) in [6, 6.07) is 8.03. The molecule has 100 valence electrons. The molecule has 0 fully saturated rings. The topological polar surface area (TPSA) is 41.6 Å². The number of urea groups is 1. The number of hydrogen-bond acceptors (Lipinski definition) is 2. The number of rotatable bonds is 6. The van der Waals surface area contributed by atoms with E-state index in [-0.39, 0.29) is 6.03 Å². The van der Waals surface area contributed by atoms with Crippen molar-refractivity contribution in [3.63, 3.8) is 0 Å². The average molecular weight is 250 g/mol. The highest BCUT2D eigenvalue weighted by Crippen LogP contribution is 2.06. The number of carbonyl (C=O) groups excluding carboxylic acids is 1. The summed E-state index contributed by atoms with van der Waals surface area (Å²) in [5, 5.41) is 2.92. The Labute approximate surface area is 109 Å². The van der Waals surface area contributed by atoms with Gasteiger partial charge >= 0.3 is 6.03 Å². The molecule has 0 bridgehead atoms. The second-order valence-electron chi connectivity index (χ2n) is 4.08. The zero-order valence-electron chi connectivity index (χ0n) is 11.4. The van der Waals surface area contributed by atoms with Gasteiger partial charge in [-0.2, -0.15) is 0 Å². The van der Waals surface area contributed by atoms with Crippen LogP contribution in [0.5, 0.6) is 0 Å². The molecule has 1 aromatic carbocycles. The van der Waals surface area contributed by atoms with Crippen LogP contribution in [0.3, 0.4) is 0 Å². The summed E-state index contributed by atoms with van der Waals surface area (Å²) in [6.45, 7) is 6.55. The van der Waals surface area contributed by atoms with Gasteiger partial charge in [0.2, 0.25) is 0 Å². The molecule has 0 heterocycles. The molecule has 0 aliphatic rings. The van der Waals surface area contributed by atoms with Crippen molar-refractivity contribution in [2.75, 3.05) is 20.2 Å². The van der Waals surface area contributed by atoms with Gasteiger partial charge in [0.15, 0.2) is 0 Å². The summed E-state index contributed by atoms with van der Waals surface area (Å²) in [4.78, 5) is 13.5. The molecule has 0 unspecified atom stereocenters. The molecule has 0 radical (unpaired) electrons. The molecular formula is C14H22N2O2. The van der Waals surface area contributed by atoms with Crippen LogP contribution in [0.25, 0.3) is 0 Å². The number of amides is 2. The molecule has 0 aliphatic heterocycles. The predicted molar refractivity (Wildman–Crippen MR) is 72.3 cm³/mol. The molecule has 0 aliphatic carbocycles. The molecule has 18 heavy (non-hydrogen) atoms. The lowest BCUT2D eigenvalue weighted by atomic mass is 10.1. The molecule has 1 N–H and O–H groups in total. The molecule has 0 aromatic heterocycles. The zero-order chi connectivity index (χ0) is 13.4. The van der Waals surface area contributed by atoms with Gasteiger partial charge in [-0.25, -0.2) is 4.79 Å². The van der Waals surface area contributed by atoms with Crippen molar-refractivity contribution in [1.82, 2.24) is 10.2 Å². The third kappa shape index (κ3) is 4.37. The molecule has 4 nitrogen and oxygen atoms in total. The second-order valence-corrected chi connectivity index (χ2v) is 4.08. The Balaban J connectivity index is 2.52. The second kappa shape index (κ2) is 7.71. The summed E-state index contributed by atoms with van der Waals surface area (Å²) >= 11 is 0. The highest BCUT2D eigenvalue weighted by atomic mass is 16.5. The highest BCUT2D eigenvalue weighted by Gasteiger charge is 2.08. The van der Waals surface area contributed by atoms with E-state index in [1.165, 1.54) is 0 Å². The van der Waals surface area contributed by atoms with Crippen LogP contribution in [-0.2, 0) is 17.9 Å². The van der Waals surface area contributed by atoms with Crippen molar-refractivity contribution in [2.24, 2.45) is 0 Å². The third-order valence-electron chi connectivity index (χ3n) is 2.80. The van der Waals surface area contributed by atoms with Gasteiger partial charge in [-0.15, -0.1) is 0 Å². The van der Waals surface area contributed by atoms with Crippen LogP contribution in [0, 0.1) is 0 Å². The van der Waals surface area contributed by atoms with Crippen LogP contribution in [0.15, 0.2) is 24.3 Å². The van der Waals surface area contributed by atoms with Crippen molar-refractivity contribution in [3.05, 3.63) is 35.4 Å². The number of methoxy groups -OCH3 is 1. The highest BCUT2D eigenvalue weighted by molar-refractivity contribution is 5.74. The van der Waals surface area contributed by atoms with Crippen LogP contribution in [0.4, 0.5) is 4.79 Å². The van der Waals surface area contributed by atoms with E-state index >= 15 is 0 Å². The predicted octanol–water partition coefficient (Wildman–Crippen LogP) is 2.38. The molecule has 0 atom stereocenters. The summed E-state index contributed by atoms with van der Waals surface area (Å²) in [5.74, 6) is 0. The van der Waals surface area contributed by atoms with E-state index in [1.54, 1.807) is 12.0 Å². The first-order valence-corrected chi connectivity index (χ1v) is 6.30. The average Bonchev–Trinajstić information content (AvgIpc) is 2.39. The summed E-state index contributed by atoms with van der Waals surface area (Å²) in [7, 11) is 1.68. The third-order valence-corrected chi connectivity index (χ3v) is 2.80. The van der Waals surface area contributed by atoms with E-state index in [2.05, 4.69) is 5.32 Å². The minimum absolute atomic E-state index is 0.0165. The lowest BCUT2D eigenvalue weighted by molar-refractivity contribution is 0.185. The van der Waals surface area contributed by atoms with Gasteiger partial charge < -0.3 is 15.0 Å². The van der Waals surface area contributed by atoms with Gasteiger partial charge in [-0.3, -0.25) is 0 Å². The molecule has 2 amide bonds. The maximum atomic E-state index is 11.8. The van der Waals surface area contributed by atoms with Crippen molar-refractivity contribution in [1.29, 1.82) is 0 Å². The van der Waals surface area contributed by atoms with Crippen molar-refractivity contribution in [3.8, 4) is 0 Å². The fourth-order valence-corrected chi connectivity index (χ4v) is 1.80. The lowest BCUT2D eigenvalue weighted by Gasteiger charge is -2.19. The number of nitrogens with zero attached hydrogens (tertiary/aromatic N) is 1. The molecule has 4 heteroatoms. The molecule has 0 saturated heterocycles. The molecule has 0 saturated carbocycles. The fraction of sp³-hybridized carbons (Fsp3) is 0.500. The maximum Gasteiger partial charge on any atom is 0.317 e. The fourth-order valence-electron chi connectivity index (χ4n) is 1.80. The van der Waals surface area contributed by atoms with E-state index in [0.29, 0.717) is 13.2 Å². The summed E-state index contributed by atoms with van der Waals surface area (Å²) in [6.07, 6.45) is 0. The van der Waals surface area contributed by atoms with Gasteiger partial charge in [0.05, 0.1) is 6.61 Å². The summed E-state index contributed by atoms with van der Waals surface area (Å²) in [5.41, 5.74) is 2.21. The Morgan fingerprint density at radius 3 is 2.56 bits per heavy atom. The number of benzene rings is 1. The van der Waals surface area contributed by atoms with Gasteiger partial charge in [0.25, 0.3) is 0 Å². The van der Waals surface area contributed by atoms with Gasteiger partial charge in [-0.1, -0.05) is 24.3 Å². The Kier molecular flexibility index (Phi) is 6.22. The van der Waals surface area contributed by atoms with Crippen molar-refractivity contribution >= 4 is 6.03 Å². The van der Waals surface area contributed by atoms with Crippen molar-refractivity contribution < 1.29 is 9.53 Å². The Morgan fingerprint density at radius 2 is 1.94 bits per heavy atom. The van der Waals surface area contributed by atoms with E-state index in [4.69, 9.17) is 4.74 Å². The van der Waals surface area contributed by atoms with Crippen LogP contribution in [0.1, 0.15) is 25.0 Å². The van der Waals surface area contributed by atoms with E-state index in [0.717, 1.165) is 24.2 Å². The summed E-state index contributed by atoms with van der Waals surface area (Å²) < 4.78 is 5.09. The quantitative estimate of drug-likeness (QED) is 0.842. The zero-order valence-corrected chi connectivity index (χ0v) is 11.4. The van der Waals surface area contributed by atoms with E-state index < -0.39 is 0 Å². The molecule has 0 spiro atoms. The van der Waals surface area contributed by atoms with Gasteiger partial charge in [0.1, 0.15) is 0 Å². The Hall–Kier alpha value is -1.55. The number of carbonyl (C=O) groups is 1. The number of ether oxygens (including phenoxy) is 1. The normalized spacial score (nSPS) is 10.2. The van der Waals surface area contributed by atoms with Gasteiger partial charge in [-0.05, 0) is 25.0 Å². The largest absolute Gasteiger partial charge is 0.380 e. The first-order chi connectivity index (χ1) is 8.71. The Bertz CT molecular complexity index is 376. The van der Waals surface area contributed by atoms with Gasteiger partial charge in [0, 0.05) is 26.7 Å². The maximum absolute atomic E-state index is 11.8. The molecular weight excluding hydrogens is 228 g/mol. The number of hydrogen-bond donors (Lipinski definition) is 1. The minimum atomic E-state index is -0.0165. The van der Waals surface area contributed by atoms with E-state index in [9.17, 15) is 4.79 Å². The molecule has 1 rings (SSSR count). The van der Waals surface area contributed by atoms with Crippen LogP contribution in [0.2, 0.25) is 0 Å². The van der Waals surface area contributed by atoms with Crippen LogP contribution >= 0.6 is 0 Å².